The molecule has 0 bridgehead atoms. The second-order valence-corrected chi connectivity index (χ2v) is 7.99. The number of aromatic nitrogens is 2. The maximum Gasteiger partial charge on any atom is 0.246 e. The van der Waals surface area contributed by atoms with Gasteiger partial charge in [0.15, 0.2) is 5.13 Å². The normalized spacial score (nSPS) is 11.2. The molecule has 0 aliphatic rings. The topological polar surface area (TPSA) is 59.0 Å². The van der Waals surface area contributed by atoms with Crippen LogP contribution in [0.1, 0.15) is 17.4 Å². The molecular weight excluding hydrogens is 391 g/mol. The minimum Gasteiger partial charge on any atom is -0.338 e. The van der Waals surface area contributed by atoms with Crippen molar-refractivity contribution >= 4 is 56.5 Å². The van der Waals surface area contributed by atoms with Gasteiger partial charge in [0.1, 0.15) is 6.54 Å². The summed E-state index contributed by atoms with van der Waals surface area (Å²) < 4.78 is 1.91. The number of rotatable bonds is 7. The number of nitrogens with one attached hydrogen (secondary N) is 2. The molecule has 0 unspecified atom stereocenters. The maximum atomic E-state index is 12.4. The van der Waals surface area contributed by atoms with Gasteiger partial charge in [0.2, 0.25) is 5.91 Å². The number of halogens is 2. The summed E-state index contributed by atoms with van der Waals surface area (Å²) in [4.78, 5) is 17.6. The third-order valence-electron chi connectivity index (χ3n) is 4.02. The minimum absolute atomic E-state index is 0.124. The highest BCUT2D eigenvalue weighted by Crippen LogP contribution is 2.34. The van der Waals surface area contributed by atoms with Crippen molar-refractivity contribution in [3.63, 3.8) is 0 Å². The maximum absolute atomic E-state index is 12.4. The zero-order valence-electron chi connectivity index (χ0n) is 14.6. The molecule has 0 radical (unpaired) electrons. The van der Waals surface area contributed by atoms with E-state index in [9.17, 15) is 4.79 Å². The van der Waals surface area contributed by atoms with Crippen LogP contribution in [0.5, 0.6) is 0 Å². The van der Waals surface area contributed by atoms with Crippen molar-refractivity contribution in [1.82, 2.24) is 14.9 Å². The molecule has 5 nitrogen and oxygen atoms in total. The fourth-order valence-corrected chi connectivity index (χ4v) is 3.97. The highest BCUT2D eigenvalue weighted by molar-refractivity contribution is 7.15. The molecule has 8 heteroatoms. The average molecular weight is 411 g/mol. The van der Waals surface area contributed by atoms with Crippen molar-refractivity contribution in [3.8, 4) is 0 Å². The molecule has 0 aliphatic heterocycles. The number of benzene rings is 1. The quantitative estimate of drug-likeness (QED) is 0.563. The van der Waals surface area contributed by atoms with Gasteiger partial charge in [-0.3, -0.25) is 4.79 Å². The monoisotopic (exact) mass is 410 g/mol. The molecule has 0 aliphatic carbocycles. The summed E-state index contributed by atoms with van der Waals surface area (Å²) in [6, 6.07) is 3.67. The van der Waals surface area contributed by atoms with Gasteiger partial charge in [-0.25, -0.2) is 4.98 Å². The zero-order chi connectivity index (χ0) is 18.7. The standard InChI is InChI=1S/C18H20Cl2N4OS/c1-3-21-7-6-12-9-24(14-5-4-13(19)17(20)16(12)14)10-15(25)23-18-22-8-11(2)26-18/h4-5,8-9,21H,3,6-7,10H2,1-2H3,(H,22,23,25). The lowest BCUT2D eigenvalue weighted by molar-refractivity contribution is -0.116. The van der Waals surface area contributed by atoms with Crippen LogP contribution in [-0.4, -0.2) is 28.5 Å². The number of carbonyl (C=O) groups is 1. The van der Waals surface area contributed by atoms with Gasteiger partial charge in [0, 0.05) is 22.7 Å². The van der Waals surface area contributed by atoms with Crippen LogP contribution in [0.2, 0.25) is 10.0 Å². The van der Waals surface area contributed by atoms with Crippen LogP contribution >= 0.6 is 34.5 Å². The summed E-state index contributed by atoms with van der Waals surface area (Å²) in [5, 5.41) is 8.72. The fourth-order valence-electron chi connectivity index (χ4n) is 2.85. The Bertz CT molecular complexity index is 935. The van der Waals surface area contributed by atoms with E-state index in [0.717, 1.165) is 40.9 Å². The van der Waals surface area contributed by atoms with Gasteiger partial charge in [-0.05, 0) is 44.1 Å². The average Bonchev–Trinajstić information content (AvgIpc) is 3.15. The van der Waals surface area contributed by atoms with E-state index < -0.39 is 0 Å². The van der Waals surface area contributed by atoms with Crippen LogP contribution in [0, 0.1) is 6.92 Å². The third-order valence-corrected chi connectivity index (χ3v) is 5.65. The number of aryl methyl sites for hydroxylation is 1. The predicted molar refractivity (Wildman–Crippen MR) is 110 cm³/mol. The largest absolute Gasteiger partial charge is 0.338 e. The van der Waals surface area contributed by atoms with Gasteiger partial charge >= 0.3 is 0 Å². The summed E-state index contributed by atoms with van der Waals surface area (Å²) >= 11 is 14.1. The van der Waals surface area contributed by atoms with Crippen LogP contribution in [0.15, 0.2) is 24.5 Å². The first-order valence-corrected chi connectivity index (χ1v) is 9.95. The Morgan fingerprint density at radius 2 is 2.15 bits per heavy atom. The van der Waals surface area contributed by atoms with Crippen molar-refractivity contribution in [1.29, 1.82) is 0 Å². The lowest BCUT2D eigenvalue weighted by atomic mass is 10.1. The number of nitrogens with zero attached hydrogens (tertiary/aromatic N) is 2. The van der Waals surface area contributed by atoms with Crippen LogP contribution in [-0.2, 0) is 17.8 Å². The van der Waals surface area contributed by atoms with E-state index in [2.05, 4.69) is 22.5 Å². The molecular formula is C18H20Cl2N4OS. The Morgan fingerprint density at radius 1 is 1.35 bits per heavy atom. The Balaban J connectivity index is 1.87. The van der Waals surface area contributed by atoms with Crippen LogP contribution in [0.4, 0.5) is 5.13 Å². The van der Waals surface area contributed by atoms with Gasteiger partial charge in [-0.1, -0.05) is 30.1 Å². The molecule has 2 aromatic heterocycles. The third kappa shape index (κ3) is 4.20. The molecule has 3 rings (SSSR count). The van der Waals surface area contributed by atoms with Gasteiger partial charge in [0.05, 0.1) is 15.6 Å². The summed E-state index contributed by atoms with van der Waals surface area (Å²) in [5.41, 5.74) is 1.97. The van der Waals surface area contributed by atoms with Crippen LogP contribution in [0.3, 0.4) is 0 Å². The van der Waals surface area contributed by atoms with E-state index in [1.807, 2.05) is 23.8 Å². The van der Waals surface area contributed by atoms with Crippen molar-refractivity contribution in [2.45, 2.75) is 26.8 Å². The molecule has 2 heterocycles. The molecule has 2 N–H and O–H groups in total. The Hall–Kier alpha value is -1.60. The first-order valence-electron chi connectivity index (χ1n) is 8.38. The number of amides is 1. The SMILES string of the molecule is CCNCCc1cn(CC(=O)Nc2ncc(C)s2)c2ccc(Cl)c(Cl)c12. The second kappa shape index (κ2) is 8.39. The zero-order valence-corrected chi connectivity index (χ0v) is 16.9. The van der Waals surface area contributed by atoms with Crippen molar-refractivity contribution in [2.24, 2.45) is 0 Å². The molecule has 0 atom stereocenters. The summed E-state index contributed by atoms with van der Waals surface area (Å²) in [6.45, 7) is 5.95. The first-order chi connectivity index (χ1) is 12.5. The number of anilines is 1. The molecule has 0 saturated heterocycles. The van der Waals surface area contributed by atoms with Crippen molar-refractivity contribution < 1.29 is 4.79 Å². The number of likely N-dealkylation sites (N-methyl/N-ethyl adjacent to an activating group) is 1. The lowest BCUT2D eigenvalue weighted by Gasteiger charge is -2.06. The van der Waals surface area contributed by atoms with E-state index in [4.69, 9.17) is 23.2 Å². The molecule has 1 aromatic carbocycles. The highest BCUT2D eigenvalue weighted by atomic mass is 35.5. The fraction of sp³-hybridized carbons (Fsp3) is 0.333. The van der Waals surface area contributed by atoms with E-state index >= 15 is 0 Å². The lowest BCUT2D eigenvalue weighted by Crippen LogP contribution is -2.18. The number of carbonyl (C=O) groups excluding carboxylic acids is 1. The highest BCUT2D eigenvalue weighted by Gasteiger charge is 2.16. The molecule has 1 amide bonds. The number of fused-ring (bicyclic) bond motifs is 1. The number of thiazole rings is 1. The summed E-state index contributed by atoms with van der Waals surface area (Å²) in [7, 11) is 0. The molecule has 3 aromatic rings. The van der Waals surface area contributed by atoms with Gasteiger partial charge in [0.25, 0.3) is 0 Å². The smallest absolute Gasteiger partial charge is 0.246 e. The molecule has 0 saturated carbocycles. The Labute approximate surface area is 166 Å². The summed E-state index contributed by atoms with van der Waals surface area (Å²) in [5.74, 6) is -0.124. The van der Waals surface area contributed by atoms with Gasteiger partial charge in [-0.15, -0.1) is 11.3 Å². The number of hydrogen-bond acceptors (Lipinski definition) is 4. The molecule has 138 valence electrons. The van der Waals surface area contributed by atoms with E-state index in [1.54, 1.807) is 12.3 Å². The van der Waals surface area contributed by atoms with Crippen LogP contribution in [0.25, 0.3) is 10.9 Å². The van der Waals surface area contributed by atoms with E-state index in [1.165, 1.54) is 11.3 Å². The molecule has 26 heavy (non-hydrogen) atoms. The van der Waals surface area contributed by atoms with Gasteiger partial charge < -0.3 is 15.2 Å². The number of hydrogen-bond donors (Lipinski definition) is 2. The first kappa shape index (κ1) is 19.2. The van der Waals surface area contributed by atoms with E-state index in [0.29, 0.717) is 15.2 Å². The summed E-state index contributed by atoms with van der Waals surface area (Å²) in [6.07, 6.45) is 4.54. The van der Waals surface area contributed by atoms with Gasteiger partial charge in [-0.2, -0.15) is 0 Å². The van der Waals surface area contributed by atoms with Crippen molar-refractivity contribution in [2.75, 3.05) is 18.4 Å². The molecule has 0 spiro atoms. The second-order valence-electron chi connectivity index (χ2n) is 5.97. The Kier molecular flexibility index (Phi) is 6.19. The predicted octanol–water partition coefficient (Wildman–Crippen LogP) is 4.50. The minimum atomic E-state index is -0.124. The van der Waals surface area contributed by atoms with E-state index in [-0.39, 0.29) is 12.5 Å². The van der Waals surface area contributed by atoms with Crippen molar-refractivity contribution in [3.05, 3.63) is 45.0 Å². The Morgan fingerprint density at radius 3 is 2.85 bits per heavy atom. The van der Waals surface area contributed by atoms with Crippen LogP contribution < -0.4 is 10.6 Å². The molecule has 0 fully saturated rings.